The maximum absolute atomic E-state index is 12.9. The number of carbonyl (C=O) groups is 2. The molecule has 7 nitrogen and oxygen atoms in total. The Morgan fingerprint density at radius 3 is 2.42 bits per heavy atom. The number of nitrogens with one attached hydrogen (secondary N) is 1. The van der Waals surface area contributed by atoms with Crippen LogP contribution in [0.5, 0.6) is 0 Å². The van der Waals surface area contributed by atoms with Gasteiger partial charge in [0, 0.05) is 31.5 Å². The highest BCUT2D eigenvalue weighted by atomic mass is 19.4. The van der Waals surface area contributed by atoms with Crippen LogP contribution in [0, 0.1) is 5.92 Å². The minimum atomic E-state index is -5.08. The Balaban J connectivity index is 0.000000383. The molecule has 0 spiro atoms. The van der Waals surface area contributed by atoms with Crippen LogP contribution in [-0.4, -0.2) is 52.0 Å². The third-order valence-corrected chi connectivity index (χ3v) is 5.22. The van der Waals surface area contributed by atoms with Gasteiger partial charge in [0.25, 0.3) is 0 Å². The quantitative estimate of drug-likeness (QED) is 0.648. The van der Waals surface area contributed by atoms with Gasteiger partial charge in [0.15, 0.2) is 0 Å². The maximum atomic E-state index is 12.9. The number of aliphatic carboxylic acids is 1. The monoisotopic (exact) mass is 475 g/mol. The lowest BCUT2D eigenvalue weighted by Crippen LogP contribution is -2.46. The summed E-state index contributed by atoms with van der Waals surface area (Å²) in [6.07, 6.45) is -3.33. The van der Waals surface area contributed by atoms with E-state index in [4.69, 9.17) is 14.6 Å². The zero-order valence-corrected chi connectivity index (χ0v) is 17.3. The van der Waals surface area contributed by atoms with Crippen molar-refractivity contribution in [3.63, 3.8) is 0 Å². The first-order valence-corrected chi connectivity index (χ1v) is 10.1. The van der Waals surface area contributed by atoms with Crippen LogP contribution < -0.4 is 5.32 Å². The van der Waals surface area contributed by atoms with Crippen molar-refractivity contribution >= 4 is 11.9 Å². The lowest BCUT2D eigenvalue weighted by atomic mass is 9.81. The van der Waals surface area contributed by atoms with E-state index in [9.17, 15) is 26.7 Å². The predicted octanol–water partition coefficient (Wildman–Crippen LogP) is 3.34. The summed E-state index contributed by atoms with van der Waals surface area (Å²) < 4.78 is 65.2. The topological polar surface area (TPSA) is 93.5 Å². The van der Waals surface area contributed by atoms with Crippen molar-refractivity contribution in [2.75, 3.05) is 13.2 Å². The minimum absolute atomic E-state index is 0.260. The number of rotatable bonds is 5. The van der Waals surface area contributed by atoms with Crippen molar-refractivity contribution in [1.29, 1.82) is 0 Å². The number of ether oxygens (including phenoxy) is 1. The summed E-state index contributed by atoms with van der Waals surface area (Å²) in [5.41, 5.74) is 3.09. The van der Waals surface area contributed by atoms with Gasteiger partial charge in [-0.1, -0.05) is 30.3 Å². The number of hydrogen-bond acceptors (Lipinski definition) is 4. The Labute approximate surface area is 185 Å². The fraction of sp³-hybridized carbons (Fsp3) is 0.476. The summed E-state index contributed by atoms with van der Waals surface area (Å²) in [7, 11) is 0. The predicted molar refractivity (Wildman–Crippen MR) is 105 cm³/mol. The molecule has 1 aliphatic heterocycles. The molecule has 2 aromatic rings. The molecule has 1 unspecified atom stereocenters. The molecule has 1 aliphatic carbocycles. The largest absolute Gasteiger partial charge is 0.490 e. The van der Waals surface area contributed by atoms with Crippen LogP contribution >= 0.6 is 0 Å². The van der Waals surface area contributed by atoms with Gasteiger partial charge in [-0.05, 0) is 17.5 Å². The number of nitrogens with zero attached hydrogens (tertiary/aromatic N) is 2. The second kappa shape index (κ2) is 9.86. The van der Waals surface area contributed by atoms with Gasteiger partial charge in [-0.15, -0.1) is 0 Å². The van der Waals surface area contributed by atoms with Gasteiger partial charge in [0.2, 0.25) is 11.8 Å². The Kier molecular flexibility index (Phi) is 7.35. The molecule has 4 rings (SSSR count). The molecule has 1 aromatic heterocycles. The van der Waals surface area contributed by atoms with E-state index in [1.165, 1.54) is 0 Å². The zero-order chi connectivity index (χ0) is 24.2. The fourth-order valence-corrected chi connectivity index (χ4v) is 3.52. The number of hydrogen-bond donors (Lipinski definition) is 2. The summed E-state index contributed by atoms with van der Waals surface area (Å²) in [5, 5.41) is 14.5. The highest BCUT2D eigenvalue weighted by molar-refractivity contribution is 5.79. The zero-order valence-electron chi connectivity index (χ0n) is 17.3. The molecule has 12 heteroatoms. The van der Waals surface area contributed by atoms with Crippen molar-refractivity contribution < 1.29 is 41.4 Å². The summed E-state index contributed by atoms with van der Waals surface area (Å²) in [5.74, 6) is -6.36. The molecule has 33 heavy (non-hydrogen) atoms. The summed E-state index contributed by atoms with van der Waals surface area (Å²) in [4.78, 5) is 20.9. The van der Waals surface area contributed by atoms with Crippen LogP contribution in [0.15, 0.2) is 36.5 Å². The molecule has 1 amide bonds. The van der Waals surface area contributed by atoms with Crippen molar-refractivity contribution in [1.82, 2.24) is 15.1 Å². The first kappa shape index (κ1) is 24.6. The number of carboxylic acid groups (broad SMARTS) is 1. The molecular formula is C21H22F5N3O4. The maximum Gasteiger partial charge on any atom is 0.490 e. The molecule has 0 saturated heterocycles. The summed E-state index contributed by atoms with van der Waals surface area (Å²) in [6.45, 7) is 1.49. The fourth-order valence-electron chi connectivity index (χ4n) is 3.52. The van der Waals surface area contributed by atoms with Crippen molar-refractivity contribution in [3.8, 4) is 0 Å². The van der Waals surface area contributed by atoms with Crippen LogP contribution in [0.25, 0.3) is 0 Å². The van der Waals surface area contributed by atoms with E-state index in [0.29, 0.717) is 13.2 Å². The summed E-state index contributed by atoms with van der Waals surface area (Å²) >= 11 is 0. The van der Waals surface area contributed by atoms with E-state index in [0.717, 1.165) is 23.2 Å². The molecule has 1 atom stereocenters. The standard InChI is InChI=1S/C19H21F2N3O2.C2HF3O2/c20-19(21)8-15(9-19)18(25)22-10-16-17-14(6-7-26-16)12-24(23-17)11-13-4-2-1-3-5-13;3-2(4,5)1(6)7/h1-5,12,15-16H,6-11H2,(H,22,25);(H,6,7). The number of benzene rings is 1. The Hall–Kier alpha value is -3.02. The number of carbonyl (C=O) groups excluding carboxylic acids is 1. The lowest BCUT2D eigenvalue weighted by Gasteiger charge is -2.34. The van der Waals surface area contributed by atoms with E-state index >= 15 is 0 Å². The van der Waals surface area contributed by atoms with Gasteiger partial charge in [0.05, 0.1) is 18.8 Å². The number of halogens is 5. The Morgan fingerprint density at radius 1 is 1.21 bits per heavy atom. The molecule has 0 radical (unpaired) electrons. The number of fused-ring (bicyclic) bond motifs is 1. The van der Waals surface area contributed by atoms with Gasteiger partial charge >= 0.3 is 12.1 Å². The normalized spacial score (nSPS) is 19.5. The highest BCUT2D eigenvalue weighted by Gasteiger charge is 2.48. The van der Waals surface area contributed by atoms with Crippen LogP contribution in [-0.2, 0) is 27.3 Å². The van der Waals surface area contributed by atoms with E-state index in [2.05, 4.69) is 10.4 Å². The van der Waals surface area contributed by atoms with E-state index in [1.807, 2.05) is 41.2 Å². The van der Waals surface area contributed by atoms with E-state index in [-0.39, 0.29) is 31.4 Å². The second-order valence-corrected chi connectivity index (χ2v) is 7.84. The Morgan fingerprint density at radius 2 is 1.85 bits per heavy atom. The van der Waals surface area contributed by atoms with Crippen molar-refractivity contribution in [2.24, 2.45) is 5.92 Å². The van der Waals surface area contributed by atoms with Crippen LogP contribution in [0.1, 0.15) is 35.8 Å². The van der Waals surface area contributed by atoms with Gasteiger partial charge in [-0.2, -0.15) is 18.3 Å². The first-order chi connectivity index (χ1) is 15.4. The van der Waals surface area contributed by atoms with Gasteiger partial charge in [-0.25, -0.2) is 13.6 Å². The number of aromatic nitrogens is 2. The number of amides is 1. The summed E-state index contributed by atoms with van der Waals surface area (Å²) in [6, 6.07) is 10.0. The average molecular weight is 475 g/mol. The molecule has 0 bridgehead atoms. The van der Waals surface area contributed by atoms with Crippen molar-refractivity contribution in [2.45, 2.75) is 44.0 Å². The molecule has 1 saturated carbocycles. The molecule has 1 fully saturated rings. The van der Waals surface area contributed by atoms with Crippen LogP contribution in [0.2, 0.25) is 0 Å². The highest BCUT2D eigenvalue weighted by Crippen LogP contribution is 2.42. The lowest BCUT2D eigenvalue weighted by molar-refractivity contribution is -0.192. The number of carboxylic acids is 1. The Bertz CT molecular complexity index is 970. The van der Waals surface area contributed by atoms with Crippen LogP contribution in [0.4, 0.5) is 22.0 Å². The third kappa shape index (κ3) is 6.73. The SMILES string of the molecule is O=C(NCC1OCCc2cn(Cc3ccccc3)nc21)C1CC(F)(F)C1.O=C(O)C(F)(F)F. The first-order valence-electron chi connectivity index (χ1n) is 10.1. The van der Waals surface area contributed by atoms with E-state index in [1.54, 1.807) is 0 Å². The third-order valence-electron chi connectivity index (χ3n) is 5.22. The second-order valence-electron chi connectivity index (χ2n) is 7.84. The molecule has 1 aromatic carbocycles. The minimum Gasteiger partial charge on any atom is -0.475 e. The number of alkyl halides is 5. The molecule has 180 valence electrons. The van der Waals surface area contributed by atoms with Crippen LogP contribution in [0.3, 0.4) is 0 Å². The molecule has 2 heterocycles. The molecule has 2 aliphatic rings. The molecule has 2 N–H and O–H groups in total. The van der Waals surface area contributed by atoms with Gasteiger partial charge < -0.3 is 15.2 Å². The van der Waals surface area contributed by atoms with Gasteiger partial charge in [-0.3, -0.25) is 9.48 Å². The smallest absolute Gasteiger partial charge is 0.475 e. The molecular weight excluding hydrogens is 453 g/mol. The average Bonchev–Trinajstić information content (AvgIpc) is 3.13. The van der Waals surface area contributed by atoms with Gasteiger partial charge in [0.1, 0.15) is 6.10 Å². The van der Waals surface area contributed by atoms with Crippen molar-refractivity contribution in [3.05, 3.63) is 53.3 Å². The van der Waals surface area contributed by atoms with E-state index < -0.39 is 24.0 Å².